The average molecular weight is 231 g/mol. The molecule has 1 aliphatic rings. The van der Waals surface area contributed by atoms with Crippen LogP contribution in [0.1, 0.15) is 30.7 Å². The van der Waals surface area contributed by atoms with Gasteiger partial charge in [0, 0.05) is 6.04 Å². The second-order valence-electron chi connectivity index (χ2n) is 4.62. The Hall–Kier alpha value is -1.28. The summed E-state index contributed by atoms with van der Waals surface area (Å²) in [5.41, 5.74) is 1.29. The fourth-order valence-electron chi connectivity index (χ4n) is 2.59. The van der Waals surface area contributed by atoms with Crippen LogP contribution in [-0.2, 0) is 4.74 Å². The van der Waals surface area contributed by atoms with Crippen LogP contribution in [0.4, 0.5) is 0 Å². The highest BCUT2D eigenvalue weighted by molar-refractivity contribution is 5.28. The maximum atomic E-state index is 5.39. The molecule has 0 aromatic heterocycles. The number of ether oxygens (including phenoxy) is 1. The van der Waals surface area contributed by atoms with Gasteiger partial charge < -0.3 is 10.1 Å². The molecule has 1 saturated heterocycles. The van der Waals surface area contributed by atoms with Crippen molar-refractivity contribution in [1.82, 2.24) is 5.32 Å². The van der Waals surface area contributed by atoms with Gasteiger partial charge in [-0.25, -0.2) is 0 Å². The van der Waals surface area contributed by atoms with Gasteiger partial charge in [0.1, 0.15) is 0 Å². The normalized spacial score (nSPS) is 21.8. The molecular weight excluding hydrogens is 210 g/mol. The van der Waals surface area contributed by atoms with E-state index in [-0.39, 0.29) is 5.92 Å². The lowest BCUT2D eigenvalue weighted by Gasteiger charge is -2.32. The van der Waals surface area contributed by atoms with Crippen molar-refractivity contribution < 1.29 is 4.74 Å². The minimum atomic E-state index is 0.265. The Morgan fingerprint density at radius 2 is 2.12 bits per heavy atom. The SMILES string of the molecule is C=C(OC)C(c1ccccc1)C1CCCCN1. The van der Waals surface area contributed by atoms with Gasteiger partial charge >= 0.3 is 0 Å². The van der Waals surface area contributed by atoms with E-state index >= 15 is 0 Å². The van der Waals surface area contributed by atoms with Crippen LogP contribution in [0.5, 0.6) is 0 Å². The predicted molar refractivity (Wildman–Crippen MR) is 71.0 cm³/mol. The van der Waals surface area contributed by atoms with E-state index in [0.29, 0.717) is 6.04 Å². The molecule has 1 aromatic rings. The van der Waals surface area contributed by atoms with Crippen molar-refractivity contribution >= 4 is 0 Å². The van der Waals surface area contributed by atoms with Gasteiger partial charge in [-0.15, -0.1) is 0 Å². The van der Waals surface area contributed by atoms with E-state index in [0.717, 1.165) is 12.3 Å². The molecule has 2 nitrogen and oxygen atoms in total. The molecule has 1 N–H and O–H groups in total. The van der Waals surface area contributed by atoms with E-state index in [1.807, 2.05) is 6.07 Å². The summed E-state index contributed by atoms with van der Waals surface area (Å²) in [5.74, 6) is 1.12. The molecule has 17 heavy (non-hydrogen) atoms. The summed E-state index contributed by atoms with van der Waals surface area (Å²) in [6.07, 6.45) is 3.76. The van der Waals surface area contributed by atoms with Gasteiger partial charge in [-0.05, 0) is 24.9 Å². The van der Waals surface area contributed by atoms with Crippen molar-refractivity contribution in [3.8, 4) is 0 Å². The fourth-order valence-corrected chi connectivity index (χ4v) is 2.59. The third-order valence-corrected chi connectivity index (χ3v) is 3.52. The maximum Gasteiger partial charge on any atom is 0.0974 e. The molecule has 0 aliphatic carbocycles. The average Bonchev–Trinajstić information content (AvgIpc) is 2.41. The van der Waals surface area contributed by atoms with Gasteiger partial charge in [-0.2, -0.15) is 0 Å². The summed E-state index contributed by atoms with van der Waals surface area (Å²) < 4.78 is 5.39. The number of methoxy groups -OCH3 is 1. The summed E-state index contributed by atoms with van der Waals surface area (Å²) >= 11 is 0. The van der Waals surface area contributed by atoms with Gasteiger partial charge in [-0.1, -0.05) is 43.3 Å². The lowest BCUT2D eigenvalue weighted by Crippen LogP contribution is -2.39. The van der Waals surface area contributed by atoms with Gasteiger partial charge in [-0.3, -0.25) is 0 Å². The Balaban J connectivity index is 2.21. The van der Waals surface area contributed by atoms with E-state index < -0.39 is 0 Å². The van der Waals surface area contributed by atoms with Crippen LogP contribution in [0.15, 0.2) is 42.7 Å². The standard InChI is InChI=1S/C15H21NO/c1-12(17-2)15(13-8-4-3-5-9-13)14-10-6-7-11-16-14/h3-5,8-9,14-16H,1,6-7,10-11H2,2H3. The van der Waals surface area contributed by atoms with E-state index in [9.17, 15) is 0 Å². The first kappa shape index (κ1) is 12.2. The van der Waals surface area contributed by atoms with Crippen LogP contribution >= 0.6 is 0 Å². The zero-order valence-corrected chi connectivity index (χ0v) is 10.5. The number of piperidine rings is 1. The van der Waals surface area contributed by atoms with Crippen LogP contribution in [0.25, 0.3) is 0 Å². The number of rotatable bonds is 4. The number of nitrogens with one attached hydrogen (secondary N) is 1. The van der Waals surface area contributed by atoms with Gasteiger partial charge in [0.05, 0.1) is 18.8 Å². The first-order valence-corrected chi connectivity index (χ1v) is 6.34. The van der Waals surface area contributed by atoms with Crippen molar-refractivity contribution in [3.63, 3.8) is 0 Å². The smallest absolute Gasteiger partial charge is 0.0974 e. The van der Waals surface area contributed by atoms with Gasteiger partial charge in [0.2, 0.25) is 0 Å². The molecular formula is C15H21NO. The third kappa shape index (κ3) is 2.89. The summed E-state index contributed by atoms with van der Waals surface area (Å²) in [5, 5.41) is 3.59. The van der Waals surface area contributed by atoms with Crippen molar-refractivity contribution in [2.24, 2.45) is 0 Å². The van der Waals surface area contributed by atoms with E-state index in [1.165, 1.54) is 24.8 Å². The molecule has 1 aromatic carbocycles. The largest absolute Gasteiger partial charge is 0.501 e. The van der Waals surface area contributed by atoms with Crippen molar-refractivity contribution in [1.29, 1.82) is 0 Å². The Labute approximate surface area is 104 Å². The lowest BCUT2D eigenvalue weighted by molar-refractivity contribution is 0.235. The molecule has 2 heteroatoms. The molecule has 0 spiro atoms. The van der Waals surface area contributed by atoms with Crippen LogP contribution in [0.3, 0.4) is 0 Å². The minimum absolute atomic E-state index is 0.265. The number of benzene rings is 1. The highest BCUT2D eigenvalue weighted by Gasteiger charge is 2.27. The summed E-state index contributed by atoms with van der Waals surface area (Å²) in [6.45, 7) is 5.17. The molecule has 1 aliphatic heterocycles. The van der Waals surface area contributed by atoms with E-state index in [2.05, 4.69) is 36.2 Å². The molecule has 0 bridgehead atoms. The molecule has 1 fully saturated rings. The fraction of sp³-hybridized carbons (Fsp3) is 0.467. The predicted octanol–water partition coefficient (Wildman–Crippen LogP) is 3.07. The highest BCUT2D eigenvalue weighted by Crippen LogP contribution is 2.31. The lowest BCUT2D eigenvalue weighted by atomic mass is 9.85. The maximum absolute atomic E-state index is 5.39. The molecule has 2 atom stereocenters. The summed E-state index contributed by atoms with van der Waals surface area (Å²) in [6, 6.07) is 11.0. The Morgan fingerprint density at radius 3 is 2.71 bits per heavy atom. The molecule has 0 saturated carbocycles. The Bertz CT molecular complexity index is 354. The van der Waals surface area contributed by atoms with E-state index in [1.54, 1.807) is 7.11 Å². The number of hydrogen-bond donors (Lipinski definition) is 1. The highest BCUT2D eigenvalue weighted by atomic mass is 16.5. The first-order chi connectivity index (χ1) is 8.33. The van der Waals surface area contributed by atoms with Crippen molar-refractivity contribution in [3.05, 3.63) is 48.2 Å². The monoisotopic (exact) mass is 231 g/mol. The van der Waals surface area contributed by atoms with Crippen molar-refractivity contribution in [2.75, 3.05) is 13.7 Å². The molecule has 2 rings (SSSR count). The van der Waals surface area contributed by atoms with Crippen molar-refractivity contribution in [2.45, 2.75) is 31.2 Å². The zero-order chi connectivity index (χ0) is 12.1. The topological polar surface area (TPSA) is 21.3 Å². The van der Waals surface area contributed by atoms with Gasteiger partial charge in [0.25, 0.3) is 0 Å². The molecule has 0 amide bonds. The number of hydrogen-bond acceptors (Lipinski definition) is 2. The quantitative estimate of drug-likeness (QED) is 0.804. The van der Waals surface area contributed by atoms with Gasteiger partial charge in [0.15, 0.2) is 0 Å². The Kier molecular flexibility index (Phi) is 4.21. The molecule has 0 radical (unpaired) electrons. The van der Waals surface area contributed by atoms with Crippen LogP contribution in [0, 0.1) is 0 Å². The van der Waals surface area contributed by atoms with Crippen LogP contribution in [-0.4, -0.2) is 19.7 Å². The second-order valence-corrected chi connectivity index (χ2v) is 4.62. The van der Waals surface area contributed by atoms with E-state index in [4.69, 9.17) is 4.74 Å². The van der Waals surface area contributed by atoms with Crippen LogP contribution in [0.2, 0.25) is 0 Å². The molecule has 2 unspecified atom stereocenters. The second kappa shape index (κ2) is 5.87. The van der Waals surface area contributed by atoms with Crippen LogP contribution < -0.4 is 5.32 Å². The summed E-state index contributed by atoms with van der Waals surface area (Å²) in [7, 11) is 1.71. The third-order valence-electron chi connectivity index (χ3n) is 3.52. The first-order valence-electron chi connectivity index (χ1n) is 6.34. The zero-order valence-electron chi connectivity index (χ0n) is 10.5. The minimum Gasteiger partial charge on any atom is -0.501 e. The molecule has 92 valence electrons. The molecule has 1 heterocycles. The Morgan fingerprint density at radius 1 is 1.35 bits per heavy atom. The summed E-state index contributed by atoms with van der Waals surface area (Å²) in [4.78, 5) is 0.